The molecule has 0 amide bonds. The molecule has 0 aliphatic heterocycles. The van der Waals surface area contributed by atoms with Gasteiger partial charge in [-0.1, -0.05) is 0 Å². The Balaban J connectivity index is 0.000000310. The van der Waals surface area contributed by atoms with Crippen molar-refractivity contribution in [3.05, 3.63) is 24.5 Å². The number of aromatic nitrogens is 1. The Morgan fingerprint density at radius 3 is 1.85 bits per heavy atom. The third-order valence-electron chi connectivity index (χ3n) is 1.25. The molecule has 0 aromatic carbocycles. The van der Waals surface area contributed by atoms with Crippen molar-refractivity contribution in [3.8, 4) is 0 Å². The molecular weight excluding hydrogens is 207 g/mol. The predicted molar refractivity (Wildman–Crippen MR) is 60.0 cm³/mol. The number of pyridine rings is 1. The first kappa shape index (κ1) is 12.5. The van der Waals surface area contributed by atoms with E-state index in [1.165, 1.54) is 5.69 Å². The van der Waals surface area contributed by atoms with Crippen molar-refractivity contribution in [3.63, 3.8) is 0 Å². The van der Waals surface area contributed by atoms with Gasteiger partial charge in [-0.15, -0.1) is 23.2 Å². The van der Waals surface area contributed by atoms with E-state index in [1.54, 1.807) is 12.4 Å². The maximum Gasteiger partial charge on any atom is 0.0391 e. The Morgan fingerprint density at radius 2 is 1.62 bits per heavy atom. The summed E-state index contributed by atoms with van der Waals surface area (Å²) >= 11 is 10.1. The van der Waals surface area contributed by atoms with Gasteiger partial charge in [-0.3, -0.25) is 4.98 Å². The molecule has 0 N–H and O–H groups in total. The number of nitrogens with zero attached hydrogens (tertiary/aromatic N) is 2. The second kappa shape index (κ2) is 8.14. The minimum atomic E-state index is 0.557. The summed E-state index contributed by atoms with van der Waals surface area (Å²) in [6.07, 6.45) is 3.57. The largest absolute Gasteiger partial charge is 0.378 e. The smallest absolute Gasteiger partial charge is 0.0391 e. The minimum Gasteiger partial charge on any atom is -0.378 e. The Hall–Kier alpha value is -0.470. The molecule has 1 aromatic rings. The van der Waals surface area contributed by atoms with Gasteiger partial charge >= 0.3 is 0 Å². The van der Waals surface area contributed by atoms with Gasteiger partial charge in [-0.05, 0) is 12.1 Å². The van der Waals surface area contributed by atoms with E-state index in [9.17, 15) is 0 Å². The summed E-state index contributed by atoms with van der Waals surface area (Å²) in [5.41, 5.74) is 1.19. The zero-order valence-electron chi connectivity index (χ0n) is 7.87. The number of hydrogen-bond donors (Lipinski definition) is 0. The molecule has 0 unspecified atom stereocenters. The lowest BCUT2D eigenvalue weighted by molar-refractivity contribution is 1.12. The van der Waals surface area contributed by atoms with Crippen molar-refractivity contribution in [2.24, 2.45) is 0 Å². The van der Waals surface area contributed by atoms with Crippen LogP contribution >= 0.6 is 23.2 Å². The van der Waals surface area contributed by atoms with E-state index in [4.69, 9.17) is 23.2 Å². The van der Waals surface area contributed by atoms with Crippen LogP contribution < -0.4 is 4.90 Å². The molecule has 0 saturated heterocycles. The van der Waals surface area contributed by atoms with E-state index in [0.717, 1.165) is 0 Å². The fourth-order valence-corrected chi connectivity index (χ4v) is 0.642. The molecule has 2 nitrogen and oxygen atoms in total. The lowest BCUT2D eigenvalue weighted by atomic mass is 10.4. The van der Waals surface area contributed by atoms with Gasteiger partial charge in [-0.2, -0.15) is 0 Å². The van der Waals surface area contributed by atoms with Gasteiger partial charge in [0.05, 0.1) is 0 Å². The first-order valence-corrected chi connectivity index (χ1v) is 4.98. The van der Waals surface area contributed by atoms with Crippen LogP contribution in [-0.2, 0) is 0 Å². The second-order valence-corrected chi connectivity index (χ2v) is 3.23. The molecule has 4 heteroatoms. The van der Waals surface area contributed by atoms with Crippen molar-refractivity contribution < 1.29 is 0 Å². The third kappa shape index (κ3) is 6.67. The molecule has 0 radical (unpaired) electrons. The quantitative estimate of drug-likeness (QED) is 0.713. The second-order valence-electron chi connectivity index (χ2n) is 2.48. The minimum absolute atomic E-state index is 0.557. The maximum absolute atomic E-state index is 5.05. The summed E-state index contributed by atoms with van der Waals surface area (Å²) in [6.45, 7) is 0. The van der Waals surface area contributed by atoms with Gasteiger partial charge < -0.3 is 4.90 Å². The van der Waals surface area contributed by atoms with Gasteiger partial charge in [0.2, 0.25) is 0 Å². The molecule has 0 saturated carbocycles. The monoisotopic (exact) mass is 220 g/mol. The normalized spacial score (nSPS) is 8.62. The van der Waals surface area contributed by atoms with Crippen molar-refractivity contribution in [1.82, 2.24) is 4.98 Å². The molecule has 0 atom stereocenters. The van der Waals surface area contributed by atoms with Crippen LogP contribution in [0.15, 0.2) is 24.5 Å². The highest BCUT2D eigenvalue weighted by atomic mass is 35.5. The van der Waals surface area contributed by atoms with Crippen LogP contribution in [0.2, 0.25) is 0 Å². The first-order chi connectivity index (χ1) is 6.22. The summed E-state index contributed by atoms with van der Waals surface area (Å²) in [5, 5.41) is 0. The highest BCUT2D eigenvalue weighted by molar-refractivity contribution is 6.25. The van der Waals surface area contributed by atoms with E-state index < -0.39 is 0 Å². The number of alkyl halides is 2. The van der Waals surface area contributed by atoms with Gasteiger partial charge in [0.15, 0.2) is 0 Å². The van der Waals surface area contributed by atoms with Crippen molar-refractivity contribution in [2.75, 3.05) is 30.8 Å². The van der Waals surface area contributed by atoms with Gasteiger partial charge in [0.25, 0.3) is 0 Å². The predicted octanol–water partition coefficient (Wildman–Crippen LogP) is 2.61. The van der Waals surface area contributed by atoms with E-state index in [0.29, 0.717) is 11.8 Å². The molecule has 0 aliphatic rings. The average Bonchev–Trinajstić information content (AvgIpc) is 2.19. The van der Waals surface area contributed by atoms with E-state index in [-0.39, 0.29) is 0 Å². The van der Waals surface area contributed by atoms with Crippen LogP contribution in [0.25, 0.3) is 0 Å². The molecule has 0 bridgehead atoms. The Bertz CT molecular complexity index is 200. The molecular formula is C9H14Cl2N2. The molecule has 0 spiro atoms. The Labute approximate surface area is 89.5 Å². The van der Waals surface area contributed by atoms with E-state index in [2.05, 4.69) is 4.98 Å². The van der Waals surface area contributed by atoms with Crippen molar-refractivity contribution in [1.29, 1.82) is 0 Å². The van der Waals surface area contributed by atoms with Crippen LogP contribution in [0.1, 0.15) is 0 Å². The highest BCUT2D eigenvalue weighted by Crippen LogP contribution is 2.05. The third-order valence-corrected chi connectivity index (χ3v) is 1.82. The van der Waals surface area contributed by atoms with Crippen LogP contribution in [0, 0.1) is 0 Å². The van der Waals surface area contributed by atoms with Gasteiger partial charge in [-0.25, -0.2) is 0 Å². The molecule has 13 heavy (non-hydrogen) atoms. The number of hydrogen-bond acceptors (Lipinski definition) is 2. The summed E-state index contributed by atoms with van der Waals surface area (Å²) in [4.78, 5) is 5.94. The van der Waals surface area contributed by atoms with Crippen LogP contribution in [0.3, 0.4) is 0 Å². The lowest BCUT2D eigenvalue weighted by Crippen LogP contribution is -2.07. The highest BCUT2D eigenvalue weighted by Gasteiger charge is 1.88. The molecule has 0 fully saturated rings. The van der Waals surface area contributed by atoms with Crippen LogP contribution in [0.4, 0.5) is 5.69 Å². The number of anilines is 1. The topological polar surface area (TPSA) is 16.1 Å². The maximum atomic E-state index is 5.05. The summed E-state index contributed by atoms with van der Waals surface area (Å²) in [6, 6.07) is 3.94. The fourth-order valence-electron chi connectivity index (χ4n) is 0.642. The standard InChI is InChI=1S/C7H10N2.C2H4Cl2/c1-9(2)7-3-5-8-6-4-7;3-1-2-4/h3-6H,1-2H3;1-2H2. The van der Waals surface area contributed by atoms with Gasteiger partial charge in [0.1, 0.15) is 0 Å². The fraction of sp³-hybridized carbons (Fsp3) is 0.444. The summed E-state index contributed by atoms with van der Waals surface area (Å²) < 4.78 is 0. The van der Waals surface area contributed by atoms with Crippen LogP contribution in [0.5, 0.6) is 0 Å². The van der Waals surface area contributed by atoms with E-state index >= 15 is 0 Å². The zero-order chi connectivity index (χ0) is 10.1. The number of rotatable bonds is 2. The Kier molecular flexibility index (Phi) is 7.85. The lowest BCUT2D eigenvalue weighted by Gasteiger charge is -2.10. The Morgan fingerprint density at radius 1 is 1.15 bits per heavy atom. The van der Waals surface area contributed by atoms with Gasteiger partial charge in [0, 0.05) is 43.9 Å². The molecule has 1 rings (SSSR count). The molecule has 1 aromatic heterocycles. The van der Waals surface area contributed by atoms with Crippen molar-refractivity contribution >= 4 is 28.9 Å². The number of halogens is 2. The van der Waals surface area contributed by atoms with Crippen LogP contribution in [-0.4, -0.2) is 30.8 Å². The van der Waals surface area contributed by atoms with E-state index in [1.807, 2.05) is 31.1 Å². The average molecular weight is 221 g/mol. The first-order valence-electron chi connectivity index (χ1n) is 3.91. The SMILES string of the molecule is CN(C)c1ccncc1.ClCCCl. The molecule has 0 aliphatic carbocycles. The molecule has 74 valence electrons. The summed E-state index contributed by atoms with van der Waals surface area (Å²) in [5.74, 6) is 1.11. The molecule has 1 heterocycles. The summed E-state index contributed by atoms with van der Waals surface area (Å²) in [7, 11) is 4.02. The van der Waals surface area contributed by atoms with Crippen molar-refractivity contribution in [2.45, 2.75) is 0 Å². The zero-order valence-corrected chi connectivity index (χ0v) is 9.39.